The number of rotatable bonds is 12. The highest BCUT2D eigenvalue weighted by molar-refractivity contribution is 6.04. The van der Waals surface area contributed by atoms with E-state index in [9.17, 15) is 19.2 Å². The van der Waals surface area contributed by atoms with Crippen LogP contribution in [0.4, 0.5) is 23.1 Å². The van der Waals surface area contributed by atoms with Crippen LogP contribution in [0.2, 0.25) is 0 Å². The zero-order chi connectivity index (χ0) is 41.6. The van der Waals surface area contributed by atoms with Gasteiger partial charge in [0.2, 0.25) is 17.8 Å². The van der Waals surface area contributed by atoms with E-state index in [1.165, 1.54) is 19.3 Å². The quantitative estimate of drug-likeness (QED) is 0.232. The molecule has 8 rings (SSSR count). The van der Waals surface area contributed by atoms with Crippen molar-refractivity contribution in [3.63, 3.8) is 0 Å². The second-order valence-electron chi connectivity index (χ2n) is 19.0. The van der Waals surface area contributed by atoms with Crippen molar-refractivity contribution < 1.29 is 28.7 Å². The van der Waals surface area contributed by atoms with Gasteiger partial charge in [-0.2, -0.15) is 4.98 Å². The molecule has 13 heteroatoms. The Labute approximate surface area is 349 Å². The number of ether oxygens (including phenoxy) is 2. The summed E-state index contributed by atoms with van der Waals surface area (Å²) in [4.78, 5) is 67.1. The maximum atomic E-state index is 13.3. The summed E-state index contributed by atoms with van der Waals surface area (Å²) < 4.78 is 12.2. The first-order chi connectivity index (χ1) is 28.4. The van der Waals surface area contributed by atoms with Crippen LogP contribution in [0.5, 0.6) is 5.75 Å². The first-order valence-corrected chi connectivity index (χ1v) is 22.4. The minimum Gasteiger partial charge on any atom is -0.495 e. The molecule has 6 aliphatic rings. The number of amides is 3. The van der Waals surface area contributed by atoms with Crippen molar-refractivity contribution in [1.29, 1.82) is 0 Å². The molecule has 0 radical (unpaired) electrons. The molecule has 1 aliphatic heterocycles. The summed E-state index contributed by atoms with van der Waals surface area (Å²) in [5.74, 6) is 4.29. The van der Waals surface area contributed by atoms with Crippen molar-refractivity contribution in [3.05, 3.63) is 30.0 Å². The number of nitrogens with zero attached hydrogens (tertiary/aromatic N) is 5. The van der Waals surface area contributed by atoms with E-state index in [1.807, 2.05) is 6.92 Å². The van der Waals surface area contributed by atoms with E-state index in [2.05, 4.69) is 34.4 Å². The molecule has 1 aromatic carbocycles. The van der Waals surface area contributed by atoms with Crippen molar-refractivity contribution in [2.24, 2.45) is 34.5 Å². The molecule has 0 bridgehead atoms. The number of carbonyl (C=O) groups excluding carboxylic acids is 4. The molecule has 320 valence electrons. The number of benzene rings is 1. The van der Waals surface area contributed by atoms with Crippen LogP contribution in [-0.2, 0) is 19.1 Å². The minimum absolute atomic E-state index is 0.0413. The second kappa shape index (κ2) is 16.7. The van der Waals surface area contributed by atoms with Crippen molar-refractivity contribution in [3.8, 4) is 5.75 Å². The molecular formula is C46H65N7O6. The lowest BCUT2D eigenvalue weighted by Gasteiger charge is -2.60. The van der Waals surface area contributed by atoms with E-state index in [1.54, 1.807) is 55.4 Å². The predicted octanol–water partition coefficient (Wildman–Crippen LogP) is 6.92. The smallest absolute Gasteiger partial charge is 0.251 e. The highest BCUT2D eigenvalue weighted by Crippen LogP contribution is 2.66. The fourth-order valence-corrected chi connectivity index (χ4v) is 12.6. The summed E-state index contributed by atoms with van der Waals surface area (Å²) >= 11 is 0. The molecule has 5 aliphatic carbocycles. The van der Waals surface area contributed by atoms with Gasteiger partial charge in [-0.1, -0.05) is 33.6 Å². The van der Waals surface area contributed by atoms with Crippen LogP contribution < -0.4 is 25.2 Å². The van der Waals surface area contributed by atoms with E-state index in [4.69, 9.17) is 14.5 Å². The number of hydrogen-bond acceptors (Lipinski definition) is 10. The van der Waals surface area contributed by atoms with Gasteiger partial charge < -0.3 is 34.8 Å². The van der Waals surface area contributed by atoms with Gasteiger partial charge in [-0.05, 0) is 117 Å². The summed E-state index contributed by atoms with van der Waals surface area (Å²) in [6, 6.07) is 5.16. The Morgan fingerprint density at radius 1 is 1.00 bits per heavy atom. The molecular weight excluding hydrogens is 747 g/mol. The Morgan fingerprint density at radius 2 is 1.78 bits per heavy atom. The maximum absolute atomic E-state index is 13.3. The van der Waals surface area contributed by atoms with Crippen LogP contribution in [0.3, 0.4) is 0 Å². The zero-order valence-electron chi connectivity index (χ0n) is 36.1. The van der Waals surface area contributed by atoms with Gasteiger partial charge in [-0.15, -0.1) is 0 Å². The van der Waals surface area contributed by atoms with Gasteiger partial charge in [0, 0.05) is 51.6 Å². The molecule has 0 saturated heterocycles. The van der Waals surface area contributed by atoms with Crippen LogP contribution >= 0.6 is 0 Å². The number of methoxy groups -OCH3 is 1. The average Bonchev–Trinajstić information content (AvgIpc) is 3.89. The van der Waals surface area contributed by atoms with Crippen molar-refractivity contribution >= 4 is 46.6 Å². The summed E-state index contributed by atoms with van der Waals surface area (Å²) in [5, 5.41) is 6.23. The number of hydrogen-bond donors (Lipinski definition) is 2. The Bertz CT molecular complexity index is 1940. The molecule has 5 saturated carbocycles. The predicted molar refractivity (Wildman–Crippen MR) is 227 cm³/mol. The Hall–Kier alpha value is -4.26. The van der Waals surface area contributed by atoms with Crippen molar-refractivity contribution in [2.75, 3.05) is 56.0 Å². The molecule has 0 spiro atoms. The number of nitrogens with one attached hydrogen (secondary N) is 2. The van der Waals surface area contributed by atoms with Crippen LogP contribution in [0, 0.1) is 34.5 Å². The van der Waals surface area contributed by atoms with Gasteiger partial charge in [-0.25, -0.2) is 4.98 Å². The van der Waals surface area contributed by atoms with Gasteiger partial charge in [-0.3, -0.25) is 19.2 Å². The largest absolute Gasteiger partial charge is 0.495 e. The molecule has 13 nitrogen and oxygen atoms in total. The molecule has 1 aromatic heterocycles. The van der Waals surface area contributed by atoms with E-state index >= 15 is 0 Å². The number of anilines is 4. The zero-order valence-corrected chi connectivity index (χ0v) is 36.1. The summed E-state index contributed by atoms with van der Waals surface area (Å²) in [6.45, 7) is 7.62. The highest BCUT2D eigenvalue weighted by atomic mass is 16.5. The molecule has 5 fully saturated rings. The van der Waals surface area contributed by atoms with E-state index < -0.39 is 0 Å². The molecule has 1 unspecified atom stereocenters. The van der Waals surface area contributed by atoms with E-state index in [0.717, 1.165) is 70.0 Å². The van der Waals surface area contributed by atoms with Crippen LogP contribution in [0.1, 0.15) is 121 Å². The fourth-order valence-electron chi connectivity index (χ4n) is 12.6. The molecule has 59 heavy (non-hydrogen) atoms. The molecule has 2 N–H and O–H groups in total. The van der Waals surface area contributed by atoms with E-state index in [0.29, 0.717) is 71.1 Å². The second-order valence-corrected chi connectivity index (χ2v) is 19.0. The van der Waals surface area contributed by atoms with Crippen LogP contribution in [0.15, 0.2) is 24.4 Å². The van der Waals surface area contributed by atoms with Gasteiger partial charge >= 0.3 is 0 Å². The third-order valence-electron chi connectivity index (χ3n) is 16.1. The monoisotopic (exact) mass is 811 g/mol. The normalized spacial score (nSPS) is 31.6. The number of ketones is 1. The summed E-state index contributed by atoms with van der Waals surface area (Å²) in [5.41, 5.74) is 2.09. The number of likely N-dealkylation sites (N-methyl/N-ethyl adjacent to an activating group) is 2. The standard InChI is InChI=1S/C46H65N7O6/c1-7-36-43(57)52(5)37-26-48-44(50-41(37)53(36)30-10-8-9-11-30)49-35-16-12-28(24-38(35)58-6)42(56)47-22-23-51(4)40(55)27-59-39-17-15-33-32-14-13-29-25-31(54)18-20-45(29,2)34(32)19-21-46(33,39)3/h12,16,24,26,29-30,32-34,36,39H,7-11,13-15,17-23,25,27H2,1-6H3,(H,47,56)(H,48,49,50)/t29-,32-,33-,34-,36?,39-,45-,46-/m0/s1. The van der Waals surface area contributed by atoms with Gasteiger partial charge in [0.1, 0.15) is 29.9 Å². The van der Waals surface area contributed by atoms with Crippen molar-refractivity contribution in [2.45, 2.75) is 129 Å². The average molecular weight is 812 g/mol. The number of fused-ring (bicyclic) bond motifs is 6. The topological polar surface area (TPSA) is 146 Å². The molecule has 2 heterocycles. The highest BCUT2D eigenvalue weighted by Gasteiger charge is 2.60. The Morgan fingerprint density at radius 3 is 2.54 bits per heavy atom. The summed E-state index contributed by atoms with van der Waals surface area (Å²) in [7, 11) is 5.09. The lowest BCUT2D eigenvalue weighted by atomic mass is 9.45. The fraction of sp³-hybridized carbons (Fsp3) is 0.696. The first-order valence-electron chi connectivity index (χ1n) is 22.4. The maximum Gasteiger partial charge on any atom is 0.251 e. The number of Topliss-reactive ketones (excluding diaryl/α,β-unsaturated/α-hetero) is 1. The Balaban J connectivity index is 0.830. The molecule has 3 amide bonds. The van der Waals surface area contributed by atoms with Gasteiger partial charge in [0.25, 0.3) is 5.91 Å². The first kappa shape index (κ1) is 41.5. The third-order valence-corrected chi connectivity index (χ3v) is 16.1. The Kier molecular flexibility index (Phi) is 11.7. The van der Waals surface area contributed by atoms with Crippen LogP contribution in [-0.4, -0.2) is 97.5 Å². The third kappa shape index (κ3) is 7.58. The van der Waals surface area contributed by atoms with Gasteiger partial charge in [0.05, 0.1) is 25.1 Å². The number of aromatic nitrogens is 2. The van der Waals surface area contributed by atoms with Crippen LogP contribution in [0.25, 0.3) is 0 Å². The summed E-state index contributed by atoms with van der Waals surface area (Å²) in [6.07, 6.45) is 16.3. The lowest BCUT2D eigenvalue weighted by molar-refractivity contribution is -0.152. The minimum atomic E-state index is -0.272. The SMILES string of the molecule is CCC1C(=O)N(C)c2cnc(Nc3ccc(C(=O)NCCN(C)C(=O)CO[C@H]4CC[C@H]5[C@@H]6CC[C@H]7CC(=O)CC[C@]7(C)[C@H]6CC[C@]45C)cc3OC)nc2N1C1CCCC1. The lowest BCUT2D eigenvalue weighted by Crippen LogP contribution is -2.55. The van der Waals surface area contributed by atoms with Gasteiger partial charge in [0.15, 0.2) is 5.82 Å². The van der Waals surface area contributed by atoms with E-state index in [-0.39, 0.29) is 59.9 Å². The number of carbonyl (C=O) groups is 4. The molecule has 8 atom stereocenters. The van der Waals surface area contributed by atoms with Crippen molar-refractivity contribution in [1.82, 2.24) is 20.2 Å². The molecule has 2 aromatic rings.